The van der Waals surface area contributed by atoms with Crippen LogP contribution in [0.3, 0.4) is 0 Å². The number of nitrogens with zero attached hydrogens (tertiary/aromatic N) is 2. The molecule has 10 rings (SSSR count). The number of fused-ring (bicyclic) bond motifs is 3. The molecule has 0 radical (unpaired) electrons. The van der Waals surface area contributed by atoms with Crippen LogP contribution in [0.15, 0.2) is 231 Å². The number of para-hydroxylation sites is 4. The molecular weight excluding hydrogens is 677 g/mol. The van der Waals surface area contributed by atoms with E-state index in [9.17, 15) is 0 Å². The van der Waals surface area contributed by atoms with Gasteiger partial charge in [0, 0.05) is 33.4 Å². The van der Waals surface area contributed by atoms with E-state index in [1.807, 2.05) is 0 Å². The molecule has 0 saturated heterocycles. The smallest absolute Gasteiger partial charge is 0.0547 e. The summed E-state index contributed by atoms with van der Waals surface area (Å²) in [7, 11) is 0. The summed E-state index contributed by atoms with van der Waals surface area (Å²) in [5, 5.41) is 2.49. The second-order valence-electron chi connectivity index (χ2n) is 14.1. The fourth-order valence-corrected chi connectivity index (χ4v) is 8.17. The summed E-state index contributed by atoms with van der Waals surface area (Å²) in [4.78, 5) is 2.31. The molecule has 2 nitrogen and oxygen atoms in total. The molecular formula is C54H38N2. The predicted octanol–water partition coefficient (Wildman–Crippen LogP) is 14.9. The van der Waals surface area contributed by atoms with Crippen molar-refractivity contribution in [3.8, 4) is 50.2 Å². The fraction of sp³-hybridized carbons (Fsp3) is 0. The van der Waals surface area contributed by atoms with Gasteiger partial charge in [0.25, 0.3) is 0 Å². The first-order valence-corrected chi connectivity index (χ1v) is 19.2. The van der Waals surface area contributed by atoms with Crippen LogP contribution in [-0.4, -0.2) is 4.57 Å². The standard InChI is InChI=1S/C54H38N2/c1-4-17-41(18-5-1)47-25-10-11-26-48(47)49-27-12-14-29-52(49)56-53-30-15-13-28-50(53)51-36-35-43(38-54(51)56)40-33-31-39(32-34-40)42-19-16-24-46(37-42)55(44-20-6-2-7-21-44)45-22-8-3-9-23-45/h1-38H. The average Bonchev–Trinajstić information content (AvgIpc) is 3.61. The zero-order chi connectivity index (χ0) is 37.3. The second kappa shape index (κ2) is 14.4. The number of rotatable bonds is 8. The van der Waals surface area contributed by atoms with Crippen molar-refractivity contribution in [2.24, 2.45) is 0 Å². The predicted molar refractivity (Wildman–Crippen MR) is 237 cm³/mol. The molecule has 0 bridgehead atoms. The molecule has 0 fully saturated rings. The number of hydrogen-bond donors (Lipinski definition) is 0. The number of hydrogen-bond acceptors (Lipinski definition) is 1. The van der Waals surface area contributed by atoms with Crippen LogP contribution in [0.5, 0.6) is 0 Å². The molecule has 2 heteroatoms. The Balaban J connectivity index is 1.05. The minimum absolute atomic E-state index is 1.12. The van der Waals surface area contributed by atoms with E-state index in [1.54, 1.807) is 0 Å². The number of aromatic nitrogens is 1. The summed E-state index contributed by atoms with van der Waals surface area (Å²) >= 11 is 0. The second-order valence-corrected chi connectivity index (χ2v) is 14.1. The van der Waals surface area contributed by atoms with Crippen molar-refractivity contribution in [2.45, 2.75) is 0 Å². The molecule has 0 atom stereocenters. The molecule has 1 heterocycles. The normalized spacial score (nSPS) is 11.2. The van der Waals surface area contributed by atoms with Crippen molar-refractivity contribution >= 4 is 38.9 Å². The highest BCUT2D eigenvalue weighted by molar-refractivity contribution is 6.11. The lowest BCUT2D eigenvalue weighted by Crippen LogP contribution is -2.09. The van der Waals surface area contributed by atoms with Crippen LogP contribution in [-0.2, 0) is 0 Å². The molecule has 10 aromatic rings. The largest absolute Gasteiger partial charge is 0.310 e. The molecule has 0 aliphatic carbocycles. The van der Waals surface area contributed by atoms with Crippen molar-refractivity contribution in [3.63, 3.8) is 0 Å². The summed E-state index contributed by atoms with van der Waals surface area (Å²) < 4.78 is 2.45. The molecule has 0 saturated carbocycles. The lowest BCUT2D eigenvalue weighted by atomic mass is 9.93. The Kier molecular flexibility index (Phi) is 8.55. The summed E-state index contributed by atoms with van der Waals surface area (Å²) in [6, 6.07) is 82.9. The van der Waals surface area contributed by atoms with Gasteiger partial charge >= 0.3 is 0 Å². The zero-order valence-corrected chi connectivity index (χ0v) is 30.8. The van der Waals surface area contributed by atoms with Crippen LogP contribution < -0.4 is 4.90 Å². The van der Waals surface area contributed by atoms with Crippen molar-refractivity contribution in [1.29, 1.82) is 0 Å². The lowest BCUT2D eigenvalue weighted by molar-refractivity contribution is 1.18. The molecule has 0 spiro atoms. The van der Waals surface area contributed by atoms with Crippen molar-refractivity contribution < 1.29 is 0 Å². The molecule has 0 N–H and O–H groups in total. The van der Waals surface area contributed by atoms with Gasteiger partial charge in [-0.3, -0.25) is 0 Å². The molecule has 0 unspecified atom stereocenters. The monoisotopic (exact) mass is 714 g/mol. The Morgan fingerprint density at radius 2 is 0.750 bits per heavy atom. The van der Waals surface area contributed by atoms with E-state index in [1.165, 1.54) is 66.3 Å². The SMILES string of the molecule is c1ccc(-c2ccccc2-c2ccccc2-n2c3ccccc3c3ccc(-c4ccc(-c5cccc(N(c6ccccc6)c6ccccc6)c5)cc4)cc32)cc1. The van der Waals surface area contributed by atoms with E-state index in [0.29, 0.717) is 0 Å². The van der Waals surface area contributed by atoms with E-state index in [-0.39, 0.29) is 0 Å². The van der Waals surface area contributed by atoms with Gasteiger partial charge in [-0.05, 0) is 93.5 Å². The molecule has 9 aromatic carbocycles. The quantitative estimate of drug-likeness (QED) is 0.152. The molecule has 0 aliphatic rings. The number of anilines is 3. The maximum Gasteiger partial charge on any atom is 0.0547 e. The van der Waals surface area contributed by atoms with Gasteiger partial charge in [0.05, 0.1) is 16.7 Å². The third-order valence-corrected chi connectivity index (χ3v) is 10.8. The molecule has 1 aromatic heterocycles. The summed E-state index contributed by atoms with van der Waals surface area (Å²) in [6.07, 6.45) is 0. The van der Waals surface area contributed by atoms with Crippen molar-refractivity contribution in [3.05, 3.63) is 231 Å². The van der Waals surface area contributed by atoms with E-state index in [2.05, 4.69) is 240 Å². The Morgan fingerprint density at radius 1 is 0.268 bits per heavy atom. The van der Waals surface area contributed by atoms with Crippen LogP contribution in [0, 0.1) is 0 Å². The van der Waals surface area contributed by atoms with Gasteiger partial charge in [0.2, 0.25) is 0 Å². The van der Waals surface area contributed by atoms with Crippen LogP contribution in [0.2, 0.25) is 0 Å². The van der Waals surface area contributed by atoms with Gasteiger partial charge in [-0.2, -0.15) is 0 Å². The average molecular weight is 715 g/mol. The van der Waals surface area contributed by atoms with Crippen LogP contribution >= 0.6 is 0 Å². The van der Waals surface area contributed by atoms with Crippen molar-refractivity contribution in [1.82, 2.24) is 4.57 Å². The maximum absolute atomic E-state index is 2.45. The van der Waals surface area contributed by atoms with Gasteiger partial charge in [-0.15, -0.1) is 0 Å². The fourth-order valence-electron chi connectivity index (χ4n) is 8.17. The minimum atomic E-state index is 1.12. The summed E-state index contributed by atoms with van der Waals surface area (Å²) in [5.41, 5.74) is 16.5. The van der Waals surface area contributed by atoms with Gasteiger partial charge in [0.1, 0.15) is 0 Å². The van der Waals surface area contributed by atoms with Gasteiger partial charge in [0.15, 0.2) is 0 Å². The first-order valence-electron chi connectivity index (χ1n) is 19.2. The highest BCUT2D eigenvalue weighted by atomic mass is 15.1. The van der Waals surface area contributed by atoms with Crippen LogP contribution in [0.4, 0.5) is 17.1 Å². The minimum Gasteiger partial charge on any atom is -0.310 e. The first kappa shape index (κ1) is 33.2. The summed E-state index contributed by atoms with van der Waals surface area (Å²) in [5.74, 6) is 0. The van der Waals surface area contributed by atoms with E-state index < -0.39 is 0 Å². The zero-order valence-electron chi connectivity index (χ0n) is 30.8. The Hall–Kier alpha value is -7.42. The third-order valence-electron chi connectivity index (χ3n) is 10.8. The topological polar surface area (TPSA) is 8.17 Å². The first-order chi connectivity index (χ1) is 27.8. The molecule has 0 aliphatic heterocycles. The van der Waals surface area contributed by atoms with E-state index in [4.69, 9.17) is 0 Å². The molecule has 264 valence electrons. The Morgan fingerprint density at radius 3 is 1.45 bits per heavy atom. The van der Waals surface area contributed by atoms with E-state index in [0.717, 1.165) is 22.7 Å². The molecule has 0 amide bonds. The van der Waals surface area contributed by atoms with E-state index >= 15 is 0 Å². The Labute approximate surface area is 327 Å². The highest BCUT2D eigenvalue weighted by Gasteiger charge is 2.18. The van der Waals surface area contributed by atoms with Crippen LogP contribution in [0.1, 0.15) is 0 Å². The van der Waals surface area contributed by atoms with Gasteiger partial charge in [-0.1, -0.05) is 176 Å². The maximum atomic E-state index is 2.45. The lowest BCUT2D eigenvalue weighted by Gasteiger charge is -2.25. The van der Waals surface area contributed by atoms with Crippen LogP contribution in [0.25, 0.3) is 72.0 Å². The van der Waals surface area contributed by atoms with Gasteiger partial charge < -0.3 is 9.47 Å². The summed E-state index contributed by atoms with van der Waals surface area (Å²) in [6.45, 7) is 0. The third kappa shape index (κ3) is 6.04. The van der Waals surface area contributed by atoms with Gasteiger partial charge in [-0.25, -0.2) is 0 Å². The molecule has 56 heavy (non-hydrogen) atoms. The van der Waals surface area contributed by atoms with Crippen molar-refractivity contribution in [2.75, 3.05) is 4.90 Å². The Bertz CT molecular complexity index is 2910. The number of benzene rings is 9. The highest BCUT2D eigenvalue weighted by Crippen LogP contribution is 2.41.